The highest BCUT2D eigenvalue weighted by Crippen LogP contribution is 2.31. The van der Waals surface area contributed by atoms with Crippen LogP contribution < -0.4 is 5.73 Å². The van der Waals surface area contributed by atoms with Crippen LogP contribution >= 0.6 is 12.4 Å². The first-order chi connectivity index (χ1) is 8.70. The van der Waals surface area contributed by atoms with E-state index in [1.165, 1.54) is 7.11 Å². The smallest absolute Gasteiger partial charge is 0.338 e. The van der Waals surface area contributed by atoms with E-state index in [4.69, 9.17) is 15.2 Å². The zero-order chi connectivity index (χ0) is 13.0. The number of nitrogens with two attached hydrogens (primary N) is 1. The summed E-state index contributed by atoms with van der Waals surface area (Å²) in [4.78, 5) is 11.9. The molecule has 1 saturated heterocycles. The van der Waals surface area contributed by atoms with Crippen LogP contribution in [-0.2, 0) is 27.2 Å². The van der Waals surface area contributed by atoms with Gasteiger partial charge in [0.25, 0.3) is 0 Å². The maximum absolute atomic E-state index is 11.9. The van der Waals surface area contributed by atoms with Crippen LogP contribution in [0.2, 0.25) is 0 Å². The number of methoxy groups -OCH3 is 1. The third-order valence-electron chi connectivity index (χ3n) is 3.38. The molecule has 1 fully saturated rings. The van der Waals surface area contributed by atoms with Crippen LogP contribution in [0.3, 0.4) is 0 Å². The number of carbonyl (C=O) groups is 1. The summed E-state index contributed by atoms with van der Waals surface area (Å²) < 4.78 is 10.5. The normalized spacial score (nSPS) is 21.8. The minimum absolute atomic E-state index is 0. The van der Waals surface area contributed by atoms with Crippen molar-refractivity contribution in [3.63, 3.8) is 0 Å². The highest BCUT2D eigenvalue weighted by Gasteiger charge is 2.43. The Labute approximate surface area is 119 Å². The van der Waals surface area contributed by atoms with Crippen LogP contribution in [0.5, 0.6) is 0 Å². The molecule has 0 amide bonds. The molecule has 4 nitrogen and oxygen atoms in total. The summed E-state index contributed by atoms with van der Waals surface area (Å²) in [6, 6.07) is 7.94. The van der Waals surface area contributed by atoms with Gasteiger partial charge in [-0.15, -0.1) is 12.4 Å². The maximum atomic E-state index is 11.9. The first-order valence-electron chi connectivity index (χ1n) is 6.20. The number of halogens is 1. The average molecular weight is 286 g/mol. The third kappa shape index (κ3) is 3.47. The Hall–Kier alpha value is -1.10. The predicted octanol–water partition coefficient (Wildman–Crippen LogP) is 1.83. The topological polar surface area (TPSA) is 61.5 Å². The summed E-state index contributed by atoms with van der Waals surface area (Å²) in [5.41, 5.74) is 6.94. The number of rotatable bonds is 4. The van der Waals surface area contributed by atoms with Crippen LogP contribution in [0.4, 0.5) is 0 Å². The van der Waals surface area contributed by atoms with Crippen molar-refractivity contribution in [2.45, 2.75) is 31.4 Å². The first-order valence-corrected chi connectivity index (χ1v) is 6.20. The molecule has 1 unspecified atom stereocenters. The molecule has 106 valence electrons. The van der Waals surface area contributed by atoms with Crippen LogP contribution in [0.25, 0.3) is 0 Å². The summed E-state index contributed by atoms with van der Waals surface area (Å²) in [5, 5.41) is 0. The SMILES string of the molecule is COC(=O)C1(Cc2cccc(CN)c2)CCCO1.Cl. The van der Waals surface area contributed by atoms with Crippen molar-refractivity contribution in [1.82, 2.24) is 0 Å². The summed E-state index contributed by atoms with van der Waals surface area (Å²) in [7, 11) is 1.40. The number of hydrogen-bond donors (Lipinski definition) is 1. The van der Waals surface area contributed by atoms with Crippen molar-refractivity contribution >= 4 is 18.4 Å². The molecule has 0 spiro atoms. The van der Waals surface area contributed by atoms with Crippen molar-refractivity contribution < 1.29 is 14.3 Å². The standard InChI is InChI=1S/C14H19NO3.ClH/c1-17-13(16)14(6-3-7-18-14)9-11-4-2-5-12(8-11)10-15;/h2,4-5,8H,3,6-7,9-10,15H2,1H3;1H. The summed E-state index contributed by atoms with van der Waals surface area (Å²) in [6.45, 7) is 1.12. The van der Waals surface area contributed by atoms with Gasteiger partial charge in [-0.2, -0.15) is 0 Å². The molecular weight excluding hydrogens is 266 g/mol. The second kappa shape index (κ2) is 6.89. The summed E-state index contributed by atoms with van der Waals surface area (Å²) >= 11 is 0. The lowest BCUT2D eigenvalue weighted by Gasteiger charge is -2.25. The monoisotopic (exact) mass is 285 g/mol. The molecule has 1 aliphatic rings. The van der Waals surface area contributed by atoms with Crippen LogP contribution in [0.15, 0.2) is 24.3 Å². The van der Waals surface area contributed by atoms with E-state index in [1.807, 2.05) is 24.3 Å². The van der Waals surface area contributed by atoms with Gasteiger partial charge in [0.2, 0.25) is 0 Å². The van der Waals surface area contributed by atoms with Crippen LogP contribution in [-0.4, -0.2) is 25.3 Å². The zero-order valence-electron chi connectivity index (χ0n) is 11.1. The lowest BCUT2D eigenvalue weighted by Crippen LogP contribution is -2.41. The van der Waals surface area contributed by atoms with E-state index in [0.29, 0.717) is 26.0 Å². The Morgan fingerprint density at radius 1 is 1.47 bits per heavy atom. The number of esters is 1. The Morgan fingerprint density at radius 2 is 2.21 bits per heavy atom. The largest absolute Gasteiger partial charge is 0.467 e. The van der Waals surface area contributed by atoms with Gasteiger partial charge in [-0.1, -0.05) is 24.3 Å². The molecule has 0 bridgehead atoms. The van der Waals surface area contributed by atoms with E-state index in [-0.39, 0.29) is 18.4 Å². The molecule has 5 heteroatoms. The molecule has 0 aromatic heterocycles. The van der Waals surface area contributed by atoms with Gasteiger partial charge in [0, 0.05) is 19.6 Å². The molecule has 0 radical (unpaired) electrons. The van der Waals surface area contributed by atoms with Gasteiger partial charge < -0.3 is 15.2 Å². The Balaban J connectivity index is 0.00000180. The molecule has 1 aliphatic heterocycles. The molecule has 1 heterocycles. The third-order valence-corrected chi connectivity index (χ3v) is 3.38. The second-order valence-electron chi connectivity index (χ2n) is 4.64. The first kappa shape index (κ1) is 16.0. The van der Waals surface area contributed by atoms with Gasteiger partial charge in [0.1, 0.15) is 0 Å². The summed E-state index contributed by atoms with van der Waals surface area (Å²) in [6.07, 6.45) is 2.16. The van der Waals surface area contributed by atoms with E-state index in [9.17, 15) is 4.79 Å². The number of ether oxygens (including phenoxy) is 2. The van der Waals surface area contributed by atoms with Crippen molar-refractivity contribution in [3.05, 3.63) is 35.4 Å². The number of benzene rings is 1. The van der Waals surface area contributed by atoms with Gasteiger partial charge in [-0.3, -0.25) is 0 Å². The molecule has 2 N–H and O–H groups in total. The molecule has 1 aromatic rings. The fourth-order valence-corrected chi connectivity index (χ4v) is 2.45. The molecule has 0 aliphatic carbocycles. The van der Waals surface area contributed by atoms with E-state index in [0.717, 1.165) is 17.5 Å². The quantitative estimate of drug-likeness (QED) is 0.858. The second-order valence-corrected chi connectivity index (χ2v) is 4.64. The fraction of sp³-hybridized carbons (Fsp3) is 0.500. The van der Waals surface area contributed by atoms with E-state index >= 15 is 0 Å². The van der Waals surface area contributed by atoms with E-state index in [1.54, 1.807) is 0 Å². The van der Waals surface area contributed by atoms with Crippen LogP contribution in [0, 0.1) is 0 Å². The molecule has 0 saturated carbocycles. The van der Waals surface area contributed by atoms with Crippen molar-refractivity contribution in [2.75, 3.05) is 13.7 Å². The average Bonchev–Trinajstić information content (AvgIpc) is 2.87. The van der Waals surface area contributed by atoms with Crippen molar-refractivity contribution in [1.29, 1.82) is 0 Å². The lowest BCUT2D eigenvalue weighted by molar-refractivity contribution is -0.163. The minimum Gasteiger partial charge on any atom is -0.467 e. The Morgan fingerprint density at radius 3 is 2.79 bits per heavy atom. The highest BCUT2D eigenvalue weighted by molar-refractivity contribution is 5.85. The van der Waals surface area contributed by atoms with Crippen molar-refractivity contribution in [2.24, 2.45) is 5.73 Å². The fourth-order valence-electron chi connectivity index (χ4n) is 2.45. The molecule has 1 atom stereocenters. The van der Waals surface area contributed by atoms with Gasteiger partial charge >= 0.3 is 5.97 Å². The summed E-state index contributed by atoms with van der Waals surface area (Å²) in [5.74, 6) is -0.279. The Kier molecular flexibility index (Phi) is 5.79. The lowest BCUT2D eigenvalue weighted by atomic mass is 9.91. The van der Waals surface area contributed by atoms with Gasteiger partial charge in [-0.25, -0.2) is 4.79 Å². The number of carbonyl (C=O) groups excluding carboxylic acids is 1. The van der Waals surface area contributed by atoms with Crippen molar-refractivity contribution in [3.8, 4) is 0 Å². The van der Waals surface area contributed by atoms with Gasteiger partial charge in [-0.05, 0) is 24.0 Å². The highest BCUT2D eigenvalue weighted by atomic mass is 35.5. The van der Waals surface area contributed by atoms with Crippen LogP contribution in [0.1, 0.15) is 24.0 Å². The molecule has 1 aromatic carbocycles. The Bertz CT molecular complexity index is 430. The van der Waals surface area contributed by atoms with Gasteiger partial charge in [0.05, 0.1) is 7.11 Å². The van der Waals surface area contributed by atoms with E-state index < -0.39 is 5.60 Å². The number of hydrogen-bond acceptors (Lipinski definition) is 4. The van der Waals surface area contributed by atoms with Gasteiger partial charge in [0.15, 0.2) is 5.60 Å². The minimum atomic E-state index is -0.804. The molecule has 2 rings (SSSR count). The van der Waals surface area contributed by atoms with E-state index in [2.05, 4.69) is 0 Å². The molecular formula is C14H20ClNO3. The predicted molar refractivity (Wildman–Crippen MR) is 75.2 cm³/mol. The maximum Gasteiger partial charge on any atom is 0.338 e. The molecule has 19 heavy (non-hydrogen) atoms. The zero-order valence-corrected chi connectivity index (χ0v) is 11.9.